The van der Waals surface area contributed by atoms with Crippen LogP contribution in [-0.2, 0) is 19.6 Å². The normalized spacial score (nSPS) is 15.4. The molecule has 2 heterocycles. The number of benzene rings is 1. The molecule has 0 aliphatic carbocycles. The average Bonchev–Trinajstić information content (AvgIpc) is 3.10. The first-order valence-electron chi connectivity index (χ1n) is 10.9. The van der Waals surface area contributed by atoms with Crippen LogP contribution in [-0.4, -0.2) is 80.7 Å². The molecule has 0 radical (unpaired) electrons. The van der Waals surface area contributed by atoms with Crippen molar-refractivity contribution in [3.8, 4) is 0 Å². The Kier molecular flexibility index (Phi) is 7.94. The average molecular weight is 493 g/mol. The maximum Gasteiger partial charge on any atom is 0.244 e. The molecule has 180 valence electrons. The van der Waals surface area contributed by atoms with Gasteiger partial charge in [0.05, 0.1) is 18.0 Å². The van der Waals surface area contributed by atoms with E-state index in [-0.39, 0.29) is 24.9 Å². The van der Waals surface area contributed by atoms with Gasteiger partial charge < -0.3 is 10.2 Å². The van der Waals surface area contributed by atoms with Gasteiger partial charge in [0.15, 0.2) is 0 Å². The van der Waals surface area contributed by atoms with E-state index in [0.29, 0.717) is 31.1 Å². The van der Waals surface area contributed by atoms with Gasteiger partial charge in [-0.25, -0.2) is 8.42 Å². The predicted molar refractivity (Wildman–Crippen MR) is 131 cm³/mol. The molecular weight excluding hydrogens is 460 g/mol. The van der Waals surface area contributed by atoms with Crippen LogP contribution in [0.25, 0.3) is 0 Å². The highest BCUT2D eigenvalue weighted by atomic mass is 32.2. The molecule has 1 saturated heterocycles. The van der Waals surface area contributed by atoms with Crippen molar-refractivity contribution in [2.45, 2.75) is 32.6 Å². The topological polar surface area (TPSA) is 90.0 Å². The summed E-state index contributed by atoms with van der Waals surface area (Å²) in [6, 6.07) is 7.52. The Morgan fingerprint density at radius 1 is 1.06 bits per heavy atom. The zero-order valence-electron chi connectivity index (χ0n) is 19.8. The molecule has 2 aromatic rings. The highest BCUT2D eigenvalue weighted by molar-refractivity contribution is 7.89. The minimum absolute atomic E-state index is 0.0439. The molecule has 1 fully saturated rings. The number of rotatable bonds is 7. The maximum atomic E-state index is 13.0. The molecule has 1 aromatic carbocycles. The third-order valence-electron chi connectivity index (χ3n) is 5.86. The molecule has 0 spiro atoms. The summed E-state index contributed by atoms with van der Waals surface area (Å²) in [5, 5.41) is 2.89. The number of hydrogen-bond acceptors (Lipinski definition) is 6. The molecule has 33 heavy (non-hydrogen) atoms. The first kappa shape index (κ1) is 25.4. The van der Waals surface area contributed by atoms with Crippen molar-refractivity contribution in [3.05, 3.63) is 45.1 Å². The Morgan fingerprint density at radius 2 is 1.67 bits per heavy atom. The van der Waals surface area contributed by atoms with Crippen LogP contribution in [0.4, 0.5) is 5.69 Å². The van der Waals surface area contributed by atoms with Crippen molar-refractivity contribution in [2.24, 2.45) is 0 Å². The van der Waals surface area contributed by atoms with E-state index in [2.05, 4.69) is 5.32 Å². The fourth-order valence-corrected chi connectivity index (χ4v) is 6.88. The maximum absolute atomic E-state index is 13.0. The SMILES string of the molecule is Cc1cc(S(=O)(=O)N2CCN(CC(=O)N(C)CC(=O)Nc3c(C)cccc3C)CC2)c(C)s1. The van der Waals surface area contributed by atoms with Gasteiger partial charge in [0.1, 0.15) is 0 Å². The smallest absolute Gasteiger partial charge is 0.244 e. The second kappa shape index (κ2) is 10.3. The van der Waals surface area contributed by atoms with Crippen LogP contribution in [0.5, 0.6) is 0 Å². The van der Waals surface area contributed by atoms with Crippen molar-refractivity contribution in [2.75, 3.05) is 51.6 Å². The number of carbonyl (C=O) groups excluding carboxylic acids is 2. The highest BCUT2D eigenvalue weighted by Gasteiger charge is 2.31. The van der Waals surface area contributed by atoms with Crippen molar-refractivity contribution in [1.82, 2.24) is 14.1 Å². The number of anilines is 1. The summed E-state index contributed by atoms with van der Waals surface area (Å²) in [4.78, 5) is 30.6. The summed E-state index contributed by atoms with van der Waals surface area (Å²) in [5.41, 5.74) is 2.72. The number of nitrogens with one attached hydrogen (secondary N) is 1. The summed E-state index contributed by atoms with van der Waals surface area (Å²) in [5.74, 6) is -0.423. The van der Waals surface area contributed by atoms with Gasteiger partial charge in [-0.1, -0.05) is 18.2 Å². The largest absolute Gasteiger partial charge is 0.335 e. The van der Waals surface area contributed by atoms with E-state index in [9.17, 15) is 18.0 Å². The fourth-order valence-electron chi connectivity index (χ4n) is 3.94. The van der Waals surface area contributed by atoms with Gasteiger partial charge >= 0.3 is 0 Å². The van der Waals surface area contributed by atoms with Crippen molar-refractivity contribution >= 4 is 38.9 Å². The molecule has 1 N–H and O–H groups in total. The van der Waals surface area contributed by atoms with Crippen LogP contribution in [0.3, 0.4) is 0 Å². The van der Waals surface area contributed by atoms with Crippen LogP contribution >= 0.6 is 11.3 Å². The van der Waals surface area contributed by atoms with Gasteiger partial charge in [0.2, 0.25) is 21.8 Å². The first-order chi connectivity index (χ1) is 15.5. The number of para-hydroxylation sites is 1. The van der Waals surface area contributed by atoms with Gasteiger partial charge in [-0.2, -0.15) is 4.31 Å². The molecule has 0 bridgehead atoms. The monoisotopic (exact) mass is 492 g/mol. The third-order valence-corrected chi connectivity index (χ3v) is 8.98. The minimum atomic E-state index is -3.52. The van der Waals surface area contributed by atoms with Crippen molar-refractivity contribution < 1.29 is 18.0 Å². The second-order valence-corrected chi connectivity index (χ2v) is 11.9. The van der Waals surface area contributed by atoms with Gasteiger partial charge in [0.25, 0.3) is 0 Å². The number of hydrogen-bond donors (Lipinski definition) is 1. The van der Waals surface area contributed by atoms with Gasteiger partial charge in [-0.05, 0) is 44.9 Å². The lowest BCUT2D eigenvalue weighted by molar-refractivity contribution is -0.134. The molecule has 10 heteroatoms. The summed E-state index contributed by atoms with van der Waals surface area (Å²) < 4.78 is 27.4. The van der Waals surface area contributed by atoms with Gasteiger partial charge in [0, 0.05) is 48.7 Å². The molecule has 3 rings (SSSR count). The lowest BCUT2D eigenvalue weighted by Gasteiger charge is -2.34. The van der Waals surface area contributed by atoms with Crippen LogP contribution in [0.1, 0.15) is 20.9 Å². The number of carbonyl (C=O) groups is 2. The molecule has 8 nitrogen and oxygen atoms in total. The lowest BCUT2D eigenvalue weighted by atomic mass is 10.1. The number of likely N-dealkylation sites (N-methyl/N-ethyl adjacent to an activating group) is 1. The van der Waals surface area contributed by atoms with Crippen LogP contribution in [0.15, 0.2) is 29.2 Å². The zero-order chi connectivity index (χ0) is 24.3. The summed E-state index contributed by atoms with van der Waals surface area (Å²) in [6.07, 6.45) is 0. The van der Waals surface area contributed by atoms with Crippen LogP contribution in [0, 0.1) is 27.7 Å². The van der Waals surface area contributed by atoms with E-state index >= 15 is 0 Å². The molecule has 0 saturated carbocycles. The molecule has 0 unspecified atom stereocenters. The molecular formula is C23H32N4O4S2. The number of amides is 2. The Hall–Kier alpha value is -2.27. The number of nitrogens with zero attached hydrogens (tertiary/aromatic N) is 3. The Labute approximate surface area is 200 Å². The summed E-state index contributed by atoms with van der Waals surface area (Å²) >= 11 is 1.48. The molecule has 0 atom stereocenters. The summed E-state index contributed by atoms with van der Waals surface area (Å²) in [6.45, 7) is 9.29. The first-order valence-corrected chi connectivity index (χ1v) is 13.1. The molecule has 2 amide bonds. The van der Waals surface area contributed by atoms with E-state index in [0.717, 1.165) is 26.6 Å². The second-order valence-electron chi connectivity index (χ2n) is 8.52. The van der Waals surface area contributed by atoms with Crippen LogP contribution < -0.4 is 5.32 Å². The molecule has 1 aliphatic rings. The Balaban J connectivity index is 1.50. The van der Waals surface area contributed by atoms with Crippen molar-refractivity contribution in [1.29, 1.82) is 0 Å². The third kappa shape index (κ3) is 6.00. The van der Waals surface area contributed by atoms with E-state index in [1.807, 2.05) is 50.8 Å². The van der Waals surface area contributed by atoms with E-state index < -0.39 is 10.0 Å². The molecule has 1 aromatic heterocycles. The minimum Gasteiger partial charge on any atom is -0.335 e. The predicted octanol–water partition coefficient (Wildman–Crippen LogP) is 2.39. The lowest BCUT2D eigenvalue weighted by Crippen LogP contribution is -2.51. The van der Waals surface area contributed by atoms with E-state index in [4.69, 9.17) is 0 Å². The molecule has 1 aliphatic heterocycles. The zero-order valence-corrected chi connectivity index (χ0v) is 21.5. The van der Waals surface area contributed by atoms with Crippen LogP contribution in [0.2, 0.25) is 0 Å². The Bertz CT molecular complexity index is 1120. The summed E-state index contributed by atoms with van der Waals surface area (Å²) in [7, 11) is -1.92. The van der Waals surface area contributed by atoms with Gasteiger partial charge in [-0.15, -0.1) is 11.3 Å². The number of thiophene rings is 1. The number of piperazine rings is 1. The van der Waals surface area contributed by atoms with Gasteiger partial charge in [-0.3, -0.25) is 14.5 Å². The standard InChI is InChI=1S/C23H32N4O4S2/c1-16-7-6-8-17(2)23(16)24-21(28)14-25(5)22(29)15-26-9-11-27(12-10-26)33(30,31)20-13-18(3)32-19(20)4/h6-8,13H,9-12,14-15H2,1-5H3,(H,24,28). The fraction of sp³-hybridized carbons (Fsp3) is 0.478. The number of aryl methyl sites for hydroxylation is 4. The van der Waals surface area contributed by atoms with E-state index in [1.165, 1.54) is 20.5 Å². The van der Waals surface area contributed by atoms with E-state index in [1.54, 1.807) is 13.1 Å². The highest BCUT2D eigenvalue weighted by Crippen LogP contribution is 2.28. The van der Waals surface area contributed by atoms with Crippen molar-refractivity contribution in [3.63, 3.8) is 0 Å². The Morgan fingerprint density at radius 3 is 2.21 bits per heavy atom. The quantitative estimate of drug-likeness (QED) is 0.641. The number of sulfonamides is 1.